The number of pyridine rings is 1. The monoisotopic (exact) mass is 547 g/mol. The summed E-state index contributed by atoms with van der Waals surface area (Å²) >= 11 is 0. The molecule has 1 aromatic carbocycles. The summed E-state index contributed by atoms with van der Waals surface area (Å²) in [5, 5.41) is 13.7. The lowest BCUT2D eigenvalue weighted by molar-refractivity contribution is -0.156. The number of ether oxygens (including phenoxy) is 1. The molecule has 0 bridgehead atoms. The third-order valence-electron chi connectivity index (χ3n) is 8.19. The van der Waals surface area contributed by atoms with Gasteiger partial charge in [-0.15, -0.1) is 0 Å². The number of carboxylic acids is 1. The number of carboxylic acid groups (broad SMARTS) is 1. The van der Waals surface area contributed by atoms with Crippen LogP contribution in [0.4, 0.5) is 19.0 Å². The number of benzene rings is 1. The molecule has 0 unspecified atom stereocenters. The van der Waals surface area contributed by atoms with Gasteiger partial charge in [-0.1, -0.05) is 49.6 Å². The molecule has 10 heteroatoms. The van der Waals surface area contributed by atoms with Crippen LogP contribution in [0.1, 0.15) is 68.8 Å². The molecule has 1 amide bonds. The number of carbonyl (C=O) groups is 2. The first kappa shape index (κ1) is 28.9. The number of nitrogens with one attached hydrogen (secondary N) is 1. The van der Waals surface area contributed by atoms with Crippen LogP contribution in [-0.2, 0) is 20.5 Å². The Morgan fingerprint density at radius 3 is 2.28 bits per heavy atom. The fourth-order valence-corrected chi connectivity index (χ4v) is 6.23. The second kappa shape index (κ2) is 11.2. The van der Waals surface area contributed by atoms with Gasteiger partial charge in [-0.05, 0) is 51.3 Å². The number of aliphatic carboxylic acids is 1. The number of hydrogen-bond acceptors (Lipinski definition) is 5. The van der Waals surface area contributed by atoms with Crippen molar-refractivity contribution in [2.75, 3.05) is 12.4 Å². The Bertz CT molecular complexity index is 1180. The van der Waals surface area contributed by atoms with E-state index in [4.69, 9.17) is 4.74 Å². The Morgan fingerprint density at radius 2 is 1.72 bits per heavy atom. The largest absolute Gasteiger partial charge is 0.480 e. The third-order valence-corrected chi connectivity index (χ3v) is 8.19. The van der Waals surface area contributed by atoms with Gasteiger partial charge >= 0.3 is 12.1 Å². The molecule has 1 saturated carbocycles. The lowest BCUT2D eigenvalue weighted by Gasteiger charge is -2.37. The van der Waals surface area contributed by atoms with Gasteiger partial charge in [0.2, 0.25) is 5.91 Å². The normalized spacial score (nSPS) is 24.5. The number of likely N-dealkylation sites (tertiary alicyclic amines) is 1. The molecule has 1 aromatic heterocycles. The van der Waals surface area contributed by atoms with E-state index in [1.165, 1.54) is 18.9 Å². The van der Waals surface area contributed by atoms with Crippen LogP contribution in [0.15, 0.2) is 42.5 Å². The molecule has 2 N–H and O–H groups in total. The molecule has 2 fully saturated rings. The first-order valence-electron chi connectivity index (χ1n) is 13.3. The maximum absolute atomic E-state index is 14.1. The first-order valence-corrected chi connectivity index (χ1v) is 13.3. The highest BCUT2D eigenvalue weighted by atomic mass is 19.4. The highest BCUT2D eigenvalue weighted by Crippen LogP contribution is 2.48. The average Bonchev–Trinajstić information content (AvgIpc) is 3.24. The van der Waals surface area contributed by atoms with Crippen molar-refractivity contribution in [2.24, 2.45) is 11.8 Å². The number of aromatic nitrogens is 1. The molecular formula is C29H36F3N3O4. The van der Waals surface area contributed by atoms with E-state index in [1.54, 1.807) is 26.0 Å². The van der Waals surface area contributed by atoms with Crippen molar-refractivity contribution in [3.05, 3.63) is 59.3 Å². The standard InChI is InChI=1S/C29H36F3N3O4/c1-17-15-20(29(30,31)32)16-21(33-17)34-23-22(28(2,3)39-4)25(27(37)38)35(24(23)18-11-7-5-8-12-18)26(36)19-13-9-6-10-14-19/h5,7-8,11-12,15-16,19,22-25H,6,9-10,13-14H2,1-4H3,(H,33,34)(H,37,38)/t22-,23-,24-,25-/m1/s1. The molecule has 2 heterocycles. The maximum Gasteiger partial charge on any atom is 0.416 e. The zero-order chi connectivity index (χ0) is 28.5. The predicted octanol–water partition coefficient (Wildman–Crippen LogP) is 5.85. The third kappa shape index (κ3) is 5.90. The fourth-order valence-electron chi connectivity index (χ4n) is 6.23. The van der Waals surface area contributed by atoms with E-state index in [1.807, 2.05) is 18.2 Å². The van der Waals surface area contributed by atoms with Gasteiger partial charge < -0.3 is 20.1 Å². The van der Waals surface area contributed by atoms with Crippen molar-refractivity contribution in [2.45, 2.75) is 82.8 Å². The number of aryl methyl sites for hydroxylation is 1. The minimum atomic E-state index is -4.59. The summed E-state index contributed by atoms with van der Waals surface area (Å²) in [6, 6.07) is 8.06. The van der Waals surface area contributed by atoms with Gasteiger partial charge in [-0.2, -0.15) is 13.2 Å². The molecule has 4 rings (SSSR count). The SMILES string of the molecule is COC(C)(C)[C@@H]1[C@@H](Nc2cc(C(F)(F)F)cc(C)n2)[C@@H](c2ccccc2)N(C(=O)C2CCCCC2)[C@H]1C(=O)O. The number of anilines is 1. The molecule has 1 saturated heterocycles. The number of alkyl halides is 3. The smallest absolute Gasteiger partial charge is 0.416 e. The van der Waals surface area contributed by atoms with Crippen LogP contribution in [0.25, 0.3) is 0 Å². The minimum Gasteiger partial charge on any atom is -0.480 e. The quantitative estimate of drug-likeness (QED) is 0.452. The molecular weight excluding hydrogens is 511 g/mol. The van der Waals surface area contributed by atoms with E-state index >= 15 is 0 Å². The molecule has 39 heavy (non-hydrogen) atoms. The number of rotatable bonds is 7. The summed E-state index contributed by atoms with van der Waals surface area (Å²) < 4.78 is 46.8. The van der Waals surface area contributed by atoms with Crippen LogP contribution in [-0.4, -0.2) is 51.7 Å². The van der Waals surface area contributed by atoms with Gasteiger partial charge in [0.25, 0.3) is 0 Å². The predicted molar refractivity (Wildman–Crippen MR) is 140 cm³/mol. The molecule has 1 aliphatic heterocycles. The lowest BCUT2D eigenvalue weighted by atomic mass is 9.79. The highest BCUT2D eigenvalue weighted by Gasteiger charge is 2.60. The van der Waals surface area contributed by atoms with E-state index in [-0.39, 0.29) is 23.3 Å². The Labute approximate surface area is 226 Å². The fraction of sp³-hybridized carbons (Fsp3) is 0.552. The molecule has 1 aliphatic carbocycles. The van der Waals surface area contributed by atoms with Gasteiger partial charge in [0.05, 0.1) is 23.2 Å². The molecule has 212 valence electrons. The van der Waals surface area contributed by atoms with Crippen molar-refractivity contribution >= 4 is 17.7 Å². The van der Waals surface area contributed by atoms with E-state index in [9.17, 15) is 27.9 Å². The number of halogens is 3. The van der Waals surface area contributed by atoms with Gasteiger partial charge in [0.15, 0.2) is 0 Å². The number of hydrogen-bond donors (Lipinski definition) is 2. The number of carbonyl (C=O) groups excluding carboxylic acids is 1. The van der Waals surface area contributed by atoms with Crippen molar-refractivity contribution in [3.63, 3.8) is 0 Å². The summed E-state index contributed by atoms with van der Waals surface area (Å²) in [5.41, 5.74) is -1.08. The summed E-state index contributed by atoms with van der Waals surface area (Å²) in [6.45, 7) is 4.95. The van der Waals surface area contributed by atoms with E-state index in [0.717, 1.165) is 31.4 Å². The Morgan fingerprint density at radius 1 is 1.08 bits per heavy atom. The number of methoxy groups -OCH3 is 1. The topological polar surface area (TPSA) is 91.8 Å². The molecule has 4 atom stereocenters. The van der Waals surface area contributed by atoms with Crippen LogP contribution in [0, 0.1) is 18.8 Å². The van der Waals surface area contributed by atoms with Crippen molar-refractivity contribution in [1.29, 1.82) is 0 Å². The molecule has 7 nitrogen and oxygen atoms in total. The number of amides is 1. The van der Waals surface area contributed by atoms with Crippen molar-refractivity contribution < 1.29 is 32.6 Å². The van der Waals surface area contributed by atoms with Crippen LogP contribution in [0.5, 0.6) is 0 Å². The van der Waals surface area contributed by atoms with Gasteiger partial charge in [-0.25, -0.2) is 9.78 Å². The van der Waals surface area contributed by atoms with Crippen LogP contribution in [0.2, 0.25) is 0 Å². The summed E-state index contributed by atoms with van der Waals surface area (Å²) in [4.78, 5) is 32.8. The van der Waals surface area contributed by atoms with Gasteiger partial charge in [0.1, 0.15) is 11.9 Å². The lowest BCUT2D eigenvalue weighted by Crippen LogP contribution is -2.52. The van der Waals surface area contributed by atoms with E-state index in [2.05, 4.69) is 10.3 Å². The van der Waals surface area contributed by atoms with E-state index < -0.39 is 47.4 Å². The maximum atomic E-state index is 14.1. The Balaban J connectivity index is 1.90. The van der Waals surface area contributed by atoms with Crippen LogP contribution < -0.4 is 5.32 Å². The first-order chi connectivity index (χ1) is 18.3. The zero-order valence-corrected chi connectivity index (χ0v) is 22.7. The van der Waals surface area contributed by atoms with E-state index in [0.29, 0.717) is 18.4 Å². The Kier molecular flexibility index (Phi) is 8.25. The highest BCUT2D eigenvalue weighted by molar-refractivity contribution is 5.87. The van der Waals surface area contributed by atoms with Gasteiger partial charge in [0, 0.05) is 24.6 Å². The minimum absolute atomic E-state index is 0.0405. The summed E-state index contributed by atoms with van der Waals surface area (Å²) in [7, 11) is 1.46. The van der Waals surface area contributed by atoms with Crippen LogP contribution in [0.3, 0.4) is 0 Å². The molecule has 2 aliphatic rings. The summed E-state index contributed by atoms with van der Waals surface area (Å²) in [5.74, 6) is -2.61. The Hall–Kier alpha value is -3.14. The molecule has 0 radical (unpaired) electrons. The van der Waals surface area contributed by atoms with Crippen molar-refractivity contribution in [3.8, 4) is 0 Å². The molecule has 0 spiro atoms. The van der Waals surface area contributed by atoms with Gasteiger partial charge in [-0.3, -0.25) is 4.79 Å². The second-order valence-corrected chi connectivity index (χ2v) is 11.1. The van der Waals surface area contributed by atoms with Crippen LogP contribution >= 0.6 is 0 Å². The molecule has 2 aromatic rings. The number of nitrogens with zero attached hydrogens (tertiary/aromatic N) is 2. The zero-order valence-electron chi connectivity index (χ0n) is 22.7. The second-order valence-electron chi connectivity index (χ2n) is 11.1. The summed E-state index contributed by atoms with van der Waals surface area (Å²) in [6.07, 6.45) is -0.434. The van der Waals surface area contributed by atoms with Crippen molar-refractivity contribution in [1.82, 2.24) is 9.88 Å². The average molecular weight is 548 g/mol.